The molecule has 0 fully saturated rings. The molecule has 0 saturated carbocycles. The Morgan fingerprint density at radius 1 is 1.00 bits per heavy atom. The Bertz CT molecular complexity index is 1120. The number of nitrogens with zero attached hydrogens (tertiary/aromatic N) is 1. The Morgan fingerprint density at radius 2 is 1.80 bits per heavy atom. The quantitative estimate of drug-likeness (QED) is 0.453. The molecule has 1 aliphatic carbocycles. The van der Waals surface area contributed by atoms with Gasteiger partial charge in [0.15, 0.2) is 6.61 Å². The third-order valence-electron chi connectivity index (χ3n) is 5.41. The average molecular weight is 405 g/mol. The van der Waals surface area contributed by atoms with Gasteiger partial charge in [-0.2, -0.15) is 0 Å². The van der Waals surface area contributed by atoms with Gasteiger partial charge in [-0.1, -0.05) is 18.2 Å². The number of benzene rings is 2. The number of aryl methyl sites for hydroxylation is 1. The number of Topliss-reactive ketones (excluding diaryl/α,β-unsaturated/α-hetero) is 1. The topological polar surface area (TPSA) is 74.7 Å². The molecule has 0 bridgehead atoms. The van der Waals surface area contributed by atoms with Crippen LogP contribution in [0.3, 0.4) is 0 Å². The maximum absolute atomic E-state index is 13.1. The molecule has 0 radical (unpaired) electrons. The number of ketones is 1. The molecule has 30 heavy (non-hydrogen) atoms. The molecule has 6 nitrogen and oxygen atoms in total. The van der Waals surface area contributed by atoms with E-state index in [0.29, 0.717) is 22.6 Å². The number of aromatic nitrogens is 1. The van der Waals surface area contributed by atoms with Gasteiger partial charge in [0.1, 0.15) is 11.5 Å². The van der Waals surface area contributed by atoms with Gasteiger partial charge in [0.25, 0.3) is 0 Å². The van der Waals surface area contributed by atoms with Crippen LogP contribution in [-0.4, -0.2) is 37.6 Å². The van der Waals surface area contributed by atoms with Gasteiger partial charge in [-0.3, -0.25) is 9.78 Å². The Hall–Kier alpha value is -3.41. The van der Waals surface area contributed by atoms with Gasteiger partial charge in [0.05, 0.1) is 30.9 Å². The number of carbonyl (C=O) groups excluding carboxylic acids is 2. The molecule has 0 amide bonds. The minimum Gasteiger partial charge on any atom is -0.497 e. The van der Waals surface area contributed by atoms with Crippen molar-refractivity contribution in [2.24, 2.45) is 0 Å². The first-order valence-corrected chi connectivity index (χ1v) is 9.95. The molecule has 1 aliphatic rings. The van der Waals surface area contributed by atoms with Crippen LogP contribution in [0.25, 0.3) is 10.9 Å². The molecule has 6 heteroatoms. The molecule has 4 rings (SSSR count). The standard InChI is InChI=1S/C24H23NO5/c1-28-15-11-12-22(29-2)18(13-15)21(26)14-30-24(27)23-16-7-3-5-9-19(16)25-20-10-6-4-8-17(20)23/h3,5,7,9,11-13H,4,6,8,10,14H2,1-2H3. The fraction of sp³-hybridized carbons (Fsp3) is 0.292. The lowest BCUT2D eigenvalue weighted by Crippen LogP contribution is -2.19. The number of carbonyl (C=O) groups is 2. The summed E-state index contributed by atoms with van der Waals surface area (Å²) in [5, 5.41) is 0.759. The molecule has 0 aliphatic heterocycles. The Kier molecular flexibility index (Phi) is 5.65. The zero-order valence-electron chi connectivity index (χ0n) is 17.1. The van der Waals surface area contributed by atoms with Crippen LogP contribution in [0.2, 0.25) is 0 Å². The molecular formula is C24H23NO5. The van der Waals surface area contributed by atoms with E-state index >= 15 is 0 Å². The van der Waals surface area contributed by atoms with Crippen molar-refractivity contribution in [1.29, 1.82) is 0 Å². The van der Waals surface area contributed by atoms with Crippen molar-refractivity contribution in [2.45, 2.75) is 25.7 Å². The first kappa shape index (κ1) is 19.9. The molecule has 1 aromatic heterocycles. The SMILES string of the molecule is COc1ccc(OC)c(C(=O)COC(=O)c2c3c(nc4ccccc24)CCCC3)c1. The van der Waals surface area contributed by atoms with Crippen molar-refractivity contribution < 1.29 is 23.8 Å². The zero-order chi connectivity index (χ0) is 21.1. The zero-order valence-corrected chi connectivity index (χ0v) is 17.1. The Labute approximate surface area is 174 Å². The summed E-state index contributed by atoms with van der Waals surface area (Å²) in [6.07, 6.45) is 3.70. The van der Waals surface area contributed by atoms with E-state index in [4.69, 9.17) is 19.2 Å². The molecule has 2 aromatic carbocycles. The second kappa shape index (κ2) is 8.53. The van der Waals surface area contributed by atoms with Crippen molar-refractivity contribution in [2.75, 3.05) is 20.8 Å². The highest BCUT2D eigenvalue weighted by molar-refractivity contribution is 6.07. The van der Waals surface area contributed by atoms with E-state index in [0.717, 1.165) is 47.8 Å². The number of esters is 1. The van der Waals surface area contributed by atoms with E-state index < -0.39 is 5.97 Å². The molecule has 1 heterocycles. The van der Waals surface area contributed by atoms with Crippen LogP contribution in [0.15, 0.2) is 42.5 Å². The number of fused-ring (bicyclic) bond motifs is 2. The lowest BCUT2D eigenvalue weighted by Gasteiger charge is -2.20. The highest BCUT2D eigenvalue weighted by atomic mass is 16.5. The molecule has 0 atom stereocenters. The second-order valence-corrected chi connectivity index (χ2v) is 7.20. The van der Waals surface area contributed by atoms with E-state index in [2.05, 4.69) is 0 Å². The molecular weight excluding hydrogens is 382 g/mol. The van der Waals surface area contributed by atoms with E-state index in [1.807, 2.05) is 24.3 Å². The number of pyridine rings is 1. The van der Waals surface area contributed by atoms with Crippen molar-refractivity contribution in [3.63, 3.8) is 0 Å². The Balaban J connectivity index is 1.62. The molecule has 0 N–H and O–H groups in total. The highest BCUT2D eigenvalue weighted by Gasteiger charge is 2.24. The largest absolute Gasteiger partial charge is 0.497 e. The summed E-state index contributed by atoms with van der Waals surface area (Å²) >= 11 is 0. The van der Waals surface area contributed by atoms with Crippen molar-refractivity contribution >= 4 is 22.7 Å². The van der Waals surface area contributed by atoms with Crippen LogP contribution in [0.5, 0.6) is 11.5 Å². The number of hydrogen-bond donors (Lipinski definition) is 0. The van der Waals surface area contributed by atoms with Crippen LogP contribution >= 0.6 is 0 Å². The number of para-hydroxylation sites is 1. The highest BCUT2D eigenvalue weighted by Crippen LogP contribution is 2.30. The van der Waals surface area contributed by atoms with E-state index in [9.17, 15) is 9.59 Å². The molecule has 3 aromatic rings. The maximum atomic E-state index is 13.1. The minimum atomic E-state index is -0.498. The lowest BCUT2D eigenvalue weighted by atomic mass is 9.90. The fourth-order valence-corrected chi connectivity index (χ4v) is 3.92. The van der Waals surface area contributed by atoms with Crippen LogP contribution < -0.4 is 9.47 Å². The number of ether oxygens (including phenoxy) is 3. The summed E-state index contributed by atoms with van der Waals surface area (Å²) in [6.45, 7) is -0.381. The number of rotatable bonds is 6. The van der Waals surface area contributed by atoms with Gasteiger partial charge in [-0.15, -0.1) is 0 Å². The second-order valence-electron chi connectivity index (χ2n) is 7.20. The summed E-state index contributed by atoms with van der Waals surface area (Å²) in [5.74, 6) is 0.0801. The maximum Gasteiger partial charge on any atom is 0.339 e. The third kappa shape index (κ3) is 3.73. The number of hydrogen-bond acceptors (Lipinski definition) is 6. The summed E-state index contributed by atoms with van der Waals surface area (Å²) in [7, 11) is 3.01. The van der Waals surface area contributed by atoms with Crippen molar-refractivity contribution in [3.05, 3.63) is 64.8 Å². The molecule has 0 spiro atoms. The van der Waals surface area contributed by atoms with Gasteiger partial charge < -0.3 is 14.2 Å². The average Bonchev–Trinajstić information content (AvgIpc) is 2.80. The fourth-order valence-electron chi connectivity index (χ4n) is 3.92. The third-order valence-corrected chi connectivity index (χ3v) is 5.41. The summed E-state index contributed by atoms with van der Waals surface area (Å²) in [4.78, 5) is 30.6. The van der Waals surface area contributed by atoms with Crippen molar-refractivity contribution in [1.82, 2.24) is 4.98 Å². The van der Waals surface area contributed by atoms with Gasteiger partial charge in [-0.05, 0) is 55.5 Å². The smallest absolute Gasteiger partial charge is 0.339 e. The first-order chi connectivity index (χ1) is 14.6. The van der Waals surface area contributed by atoms with Crippen LogP contribution in [0.4, 0.5) is 0 Å². The summed E-state index contributed by atoms with van der Waals surface area (Å²) in [5.41, 5.74) is 3.50. The minimum absolute atomic E-state index is 0.311. The van der Waals surface area contributed by atoms with Gasteiger partial charge in [-0.25, -0.2) is 4.79 Å². The molecule has 0 unspecified atom stereocenters. The predicted octanol–water partition coefficient (Wildman–Crippen LogP) is 4.17. The van der Waals surface area contributed by atoms with E-state index in [1.54, 1.807) is 18.2 Å². The Morgan fingerprint density at radius 3 is 2.60 bits per heavy atom. The van der Waals surface area contributed by atoms with E-state index in [1.165, 1.54) is 14.2 Å². The van der Waals surface area contributed by atoms with Crippen LogP contribution in [0, 0.1) is 0 Å². The molecule has 0 saturated heterocycles. The van der Waals surface area contributed by atoms with Crippen LogP contribution in [0.1, 0.15) is 44.8 Å². The summed E-state index contributed by atoms with van der Waals surface area (Å²) in [6, 6.07) is 12.5. The predicted molar refractivity (Wildman–Crippen MR) is 113 cm³/mol. The van der Waals surface area contributed by atoms with Crippen LogP contribution in [-0.2, 0) is 17.6 Å². The van der Waals surface area contributed by atoms with Gasteiger partial charge >= 0.3 is 5.97 Å². The monoisotopic (exact) mass is 405 g/mol. The summed E-state index contributed by atoms with van der Waals surface area (Å²) < 4.78 is 15.9. The first-order valence-electron chi connectivity index (χ1n) is 9.95. The van der Waals surface area contributed by atoms with Gasteiger partial charge in [0, 0.05) is 11.1 Å². The lowest BCUT2D eigenvalue weighted by molar-refractivity contribution is 0.0474. The van der Waals surface area contributed by atoms with Crippen molar-refractivity contribution in [3.8, 4) is 11.5 Å². The van der Waals surface area contributed by atoms with Gasteiger partial charge in [0.2, 0.25) is 5.78 Å². The van der Waals surface area contributed by atoms with E-state index in [-0.39, 0.29) is 12.4 Å². The normalized spacial score (nSPS) is 12.9. The number of methoxy groups -OCH3 is 2. The molecule has 154 valence electrons.